The molecule has 0 amide bonds. The molecule has 0 aliphatic carbocycles. The third-order valence-corrected chi connectivity index (χ3v) is 2.61. The number of aromatic nitrogens is 4. The van der Waals surface area contributed by atoms with Crippen molar-refractivity contribution in [2.24, 2.45) is 7.05 Å². The van der Waals surface area contributed by atoms with Gasteiger partial charge in [0, 0.05) is 19.7 Å². The van der Waals surface area contributed by atoms with Crippen LogP contribution in [0, 0.1) is 6.92 Å². The van der Waals surface area contributed by atoms with Crippen LogP contribution in [-0.4, -0.2) is 19.3 Å². The summed E-state index contributed by atoms with van der Waals surface area (Å²) in [6.45, 7) is 3.97. The van der Waals surface area contributed by atoms with Crippen molar-refractivity contribution < 1.29 is 0 Å². The fourth-order valence-electron chi connectivity index (χ4n) is 1.82. The van der Waals surface area contributed by atoms with E-state index < -0.39 is 5.69 Å². The van der Waals surface area contributed by atoms with Crippen molar-refractivity contribution in [3.8, 4) is 11.4 Å². The number of hydrogen-bond donors (Lipinski definition) is 1. The lowest BCUT2D eigenvalue weighted by Gasteiger charge is -2.04. The van der Waals surface area contributed by atoms with E-state index in [1.165, 1.54) is 6.07 Å². The minimum absolute atomic E-state index is 0.301. The number of rotatable bonds is 2. The first-order chi connectivity index (χ1) is 8.02. The molecule has 2 heterocycles. The van der Waals surface area contributed by atoms with E-state index in [-0.39, 0.29) is 5.56 Å². The van der Waals surface area contributed by atoms with Crippen LogP contribution >= 0.6 is 0 Å². The van der Waals surface area contributed by atoms with Gasteiger partial charge < -0.3 is 4.98 Å². The molecule has 0 atom stereocenters. The van der Waals surface area contributed by atoms with Gasteiger partial charge in [-0.15, -0.1) is 0 Å². The largest absolute Gasteiger partial charge is 0.328 e. The third-order valence-electron chi connectivity index (χ3n) is 2.61. The zero-order valence-electron chi connectivity index (χ0n) is 10.0. The Hall–Kier alpha value is -2.11. The lowest BCUT2D eigenvalue weighted by Crippen LogP contribution is -2.34. The van der Waals surface area contributed by atoms with Crippen LogP contribution in [0.5, 0.6) is 0 Å². The van der Waals surface area contributed by atoms with Gasteiger partial charge >= 0.3 is 5.69 Å². The molecule has 90 valence electrons. The molecular weight excluding hydrogens is 220 g/mol. The van der Waals surface area contributed by atoms with E-state index >= 15 is 0 Å². The molecule has 2 aromatic rings. The normalized spacial score (nSPS) is 10.8. The number of aromatic amines is 1. The molecule has 2 aromatic heterocycles. The zero-order chi connectivity index (χ0) is 12.6. The van der Waals surface area contributed by atoms with Gasteiger partial charge in [-0.05, 0) is 19.9 Å². The molecule has 2 rings (SSSR count). The minimum atomic E-state index is -0.395. The van der Waals surface area contributed by atoms with Crippen LogP contribution < -0.4 is 11.2 Å². The molecule has 0 radical (unpaired) electrons. The topological polar surface area (TPSA) is 72.7 Å². The second kappa shape index (κ2) is 4.04. The van der Waals surface area contributed by atoms with Gasteiger partial charge in [-0.1, -0.05) is 0 Å². The van der Waals surface area contributed by atoms with Crippen LogP contribution in [0.15, 0.2) is 21.7 Å². The average Bonchev–Trinajstić information content (AvgIpc) is 2.57. The van der Waals surface area contributed by atoms with E-state index in [0.717, 1.165) is 16.0 Å². The third kappa shape index (κ3) is 1.93. The maximum Gasteiger partial charge on any atom is 0.328 e. The molecule has 0 aliphatic heterocycles. The van der Waals surface area contributed by atoms with Crippen molar-refractivity contribution in [2.45, 2.75) is 20.4 Å². The highest BCUT2D eigenvalue weighted by atomic mass is 16.2. The molecule has 17 heavy (non-hydrogen) atoms. The van der Waals surface area contributed by atoms with E-state index in [4.69, 9.17) is 0 Å². The summed E-state index contributed by atoms with van der Waals surface area (Å²) in [6.07, 6.45) is 0. The summed E-state index contributed by atoms with van der Waals surface area (Å²) in [7, 11) is 1.77. The van der Waals surface area contributed by atoms with Crippen molar-refractivity contribution in [3.63, 3.8) is 0 Å². The van der Waals surface area contributed by atoms with Gasteiger partial charge in [0.1, 0.15) is 0 Å². The Bertz CT molecular complexity index is 632. The first kappa shape index (κ1) is 11.4. The van der Waals surface area contributed by atoms with Gasteiger partial charge in [0.25, 0.3) is 5.56 Å². The number of H-pyrrole nitrogens is 1. The summed E-state index contributed by atoms with van der Waals surface area (Å²) >= 11 is 0. The summed E-state index contributed by atoms with van der Waals surface area (Å²) < 4.78 is 2.78. The van der Waals surface area contributed by atoms with Gasteiger partial charge in [0.15, 0.2) is 0 Å². The van der Waals surface area contributed by atoms with Crippen molar-refractivity contribution in [1.29, 1.82) is 0 Å². The Labute approximate surface area is 97.5 Å². The lowest BCUT2D eigenvalue weighted by molar-refractivity contribution is 0.672. The Morgan fingerprint density at radius 1 is 1.35 bits per heavy atom. The molecule has 1 N–H and O–H groups in total. The van der Waals surface area contributed by atoms with E-state index in [1.54, 1.807) is 18.7 Å². The summed E-state index contributed by atoms with van der Waals surface area (Å²) in [6, 6.07) is 3.24. The van der Waals surface area contributed by atoms with Crippen LogP contribution in [0.2, 0.25) is 0 Å². The predicted molar refractivity (Wildman–Crippen MR) is 63.9 cm³/mol. The van der Waals surface area contributed by atoms with Crippen LogP contribution in [0.4, 0.5) is 0 Å². The van der Waals surface area contributed by atoms with Gasteiger partial charge in [0.05, 0.1) is 17.1 Å². The van der Waals surface area contributed by atoms with Gasteiger partial charge in [-0.25, -0.2) is 4.79 Å². The van der Waals surface area contributed by atoms with Crippen molar-refractivity contribution in [2.75, 3.05) is 0 Å². The van der Waals surface area contributed by atoms with E-state index in [1.807, 2.05) is 13.0 Å². The summed E-state index contributed by atoms with van der Waals surface area (Å²) in [5.74, 6) is 0. The number of aryl methyl sites for hydroxylation is 2. The Balaban J connectivity index is 2.66. The molecule has 0 fully saturated rings. The maximum absolute atomic E-state index is 11.7. The Kier molecular flexibility index (Phi) is 2.71. The van der Waals surface area contributed by atoms with Crippen molar-refractivity contribution in [3.05, 3.63) is 38.7 Å². The molecule has 0 bridgehead atoms. The molecule has 0 saturated heterocycles. The Morgan fingerprint density at radius 2 is 2.06 bits per heavy atom. The highest BCUT2D eigenvalue weighted by Gasteiger charge is 2.09. The first-order valence-electron chi connectivity index (χ1n) is 5.38. The Morgan fingerprint density at radius 3 is 2.53 bits per heavy atom. The summed E-state index contributed by atoms with van der Waals surface area (Å²) in [5.41, 5.74) is 1.36. The van der Waals surface area contributed by atoms with E-state index in [9.17, 15) is 9.59 Å². The molecule has 0 aromatic carbocycles. The van der Waals surface area contributed by atoms with Crippen molar-refractivity contribution >= 4 is 0 Å². The fourth-order valence-corrected chi connectivity index (χ4v) is 1.82. The van der Waals surface area contributed by atoms with E-state index in [2.05, 4.69) is 10.1 Å². The van der Waals surface area contributed by atoms with Crippen LogP contribution in [0.1, 0.15) is 12.6 Å². The van der Waals surface area contributed by atoms with Gasteiger partial charge in [0.2, 0.25) is 0 Å². The van der Waals surface area contributed by atoms with E-state index in [0.29, 0.717) is 12.2 Å². The minimum Gasteiger partial charge on any atom is -0.305 e. The van der Waals surface area contributed by atoms with Crippen LogP contribution in [0.25, 0.3) is 11.4 Å². The quantitative estimate of drug-likeness (QED) is 0.810. The molecule has 6 nitrogen and oxygen atoms in total. The SMILES string of the molecule is CCn1c(=O)cc(-c2cc(C)nn2C)[nH]c1=O. The molecule has 0 saturated carbocycles. The number of nitrogens with one attached hydrogen (secondary N) is 1. The predicted octanol–water partition coefficient (Wildman–Crippen LogP) is 0.265. The lowest BCUT2D eigenvalue weighted by atomic mass is 10.3. The first-order valence-corrected chi connectivity index (χ1v) is 5.38. The number of hydrogen-bond acceptors (Lipinski definition) is 3. The molecule has 0 spiro atoms. The molecule has 0 unspecified atom stereocenters. The van der Waals surface area contributed by atoms with Gasteiger partial charge in [-0.3, -0.25) is 14.0 Å². The highest BCUT2D eigenvalue weighted by Crippen LogP contribution is 2.14. The monoisotopic (exact) mass is 234 g/mol. The van der Waals surface area contributed by atoms with Crippen LogP contribution in [-0.2, 0) is 13.6 Å². The smallest absolute Gasteiger partial charge is 0.305 e. The molecule has 6 heteroatoms. The number of nitrogens with zero attached hydrogens (tertiary/aromatic N) is 3. The fraction of sp³-hybridized carbons (Fsp3) is 0.364. The summed E-state index contributed by atoms with van der Waals surface area (Å²) in [4.78, 5) is 26.0. The maximum atomic E-state index is 11.7. The second-order valence-electron chi connectivity index (χ2n) is 3.87. The standard InChI is InChI=1S/C11H14N4O2/c1-4-15-10(16)6-8(12-11(15)17)9-5-7(2)13-14(9)3/h5-6H,4H2,1-3H3,(H,12,17). The highest BCUT2D eigenvalue weighted by molar-refractivity contribution is 5.54. The average molecular weight is 234 g/mol. The molecule has 0 aliphatic rings. The molecular formula is C11H14N4O2. The zero-order valence-corrected chi connectivity index (χ0v) is 10.0. The second-order valence-corrected chi connectivity index (χ2v) is 3.87. The van der Waals surface area contributed by atoms with Crippen LogP contribution in [0.3, 0.4) is 0 Å². The summed E-state index contributed by atoms with van der Waals surface area (Å²) in [5, 5.41) is 4.18. The van der Waals surface area contributed by atoms with Crippen molar-refractivity contribution in [1.82, 2.24) is 19.3 Å². The van der Waals surface area contributed by atoms with Gasteiger partial charge in [-0.2, -0.15) is 5.10 Å².